The molecular weight excluding hydrogens is 347 g/mol. The molecule has 0 saturated heterocycles. The summed E-state index contributed by atoms with van der Waals surface area (Å²) in [5.74, 6) is -0.602. The van der Waals surface area contributed by atoms with E-state index in [9.17, 15) is 14.0 Å². The van der Waals surface area contributed by atoms with Crippen LogP contribution in [0.25, 0.3) is 0 Å². The number of hydrogen-bond donors (Lipinski definition) is 2. The summed E-state index contributed by atoms with van der Waals surface area (Å²) in [7, 11) is 0. The van der Waals surface area contributed by atoms with Crippen molar-refractivity contribution in [2.24, 2.45) is 0 Å². The average molecular weight is 364 g/mol. The third-order valence-corrected chi connectivity index (χ3v) is 3.66. The van der Waals surface area contributed by atoms with Gasteiger partial charge in [-0.25, -0.2) is 4.39 Å². The van der Waals surface area contributed by atoms with Crippen molar-refractivity contribution < 1.29 is 18.7 Å². The van der Waals surface area contributed by atoms with Gasteiger partial charge >= 0.3 is 11.8 Å². The van der Waals surface area contributed by atoms with E-state index in [1.165, 1.54) is 12.1 Å². The van der Waals surface area contributed by atoms with E-state index in [1.807, 2.05) is 30.3 Å². The molecule has 2 amide bonds. The fraction of sp³-hybridized carbons (Fsp3) is 0.0476. The molecule has 0 unspecified atom stereocenters. The predicted molar refractivity (Wildman–Crippen MR) is 99.8 cm³/mol. The van der Waals surface area contributed by atoms with Crippen LogP contribution in [0, 0.1) is 5.82 Å². The van der Waals surface area contributed by atoms with Crippen LogP contribution in [-0.4, -0.2) is 11.8 Å². The van der Waals surface area contributed by atoms with Gasteiger partial charge in [0.2, 0.25) is 0 Å². The summed E-state index contributed by atoms with van der Waals surface area (Å²) in [4.78, 5) is 23.8. The number of ether oxygens (including phenoxy) is 1. The number of benzene rings is 3. The molecule has 0 saturated carbocycles. The van der Waals surface area contributed by atoms with Crippen LogP contribution in [-0.2, 0) is 16.1 Å². The third kappa shape index (κ3) is 5.40. The number of anilines is 1. The van der Waals surface area contributed by atoms with E-state index in [4.69, 9.17) is 4.74 Å². The summed E-state index contributed by atoms with van der Waals surface area (Å²) in [5.41, 5.74) is 1.16. The van der Waals surface area contributed by atoms with Gasteiger partial charge in [0, 0.05) is 12.2 Å². The van der Waals surface area contributed by atoms with E-state index in [-0.39, 0.29) is 12.4 Å². The van der Waals surface area contributed by atoms with Crippen molar-refractivity contribution in [2.75, 3.05) is 5.32 Å². The number of halogens is 1. The van der Waals surface area contributed by atoms with Crippen molar-refractivity contribution in [3.05, 3.63) is 90.2 Å². The Morgan fingerprint density at radius 1 is 0.778 bits per heavy atom. The minimum Gasteiger partial charge on any atom is -0.457 e. The van der Waals surface area contributed by atoms with Gasteiger partial charge in [-0.1, -0.05) is 30.3 Å². The van der Waals surface area contributed by atoms with Crippen molar-refractivity contribution in [1.82, 2.24) is 5.32 Å². The highest BCUT2D eigenvalue weighted by molar-refractivity contribution is 6.39. The monoisotopic (exact) mass is 364 g/mol. The number of para-hydroxylation sites is 1. The quantitative estimate of drug-likeness (QED) is 0.676. The van der Waals surface area contributed by atoms with Crippen LogP contribution < -0.4 is 15.4 Å². The molecule has 0 spiro atoms. The number of carbonyl (C=O) groups excluding carboxylic acids is 2. The first kappa shape index (κ1) is 18.1. The number of rotatable bonds is 5. The average Bonchev–Trinajstić information content (AvgIpc) is 2.69. The lowest BCUT2D eigenvalue weighted by molar-refractivity contribution is -0.136. The van der Waals surface area contributed by atoms with Gasteiger partial charge in [-0.2, -0.15) is 0 Å². The van der Waals surface area contributed by atoms with E-state index in [1.54, 1.807) is 36.4 Å². The lowest BCUT2D eigenvalue weighted by Crippen LogP contribution is -2.34. The van der Waals surface area contributed by atoms with Crippen LogP contribution >= 0.6 is 0 Å². The Morgan fingerprint density at radius 2 is 1.41 bits per heavy atom. The van der Waals surface area contributed by atoms with Gasteiger partial charge in [0.15, 0.2) is 0 Å². The van der Waals surface area contributed by atoms with Crippen LogP contribution in [0.1, 0.15) is 5.56 Å². The second kappa shape index (κ2) is 8.62. The molecule has 27 heavy (non-hydrogen) atoms. The summed E-state index contributed by atoms with van der Waals surface area (Å²) < 4.78 is 18.5. The molecule has 0 aromatic heterocycles. The molecule has 3 rings (SSSR count). The fourth-order valence-corrected chi connectivity index (χ4v) is 2.28. The lowest BCUT2D eigenvalue weighted by atomic mass is 10.2. The van der Waals surface area contributed by atoms with Gasteiger partial charge in [0.1, 0.15) is 17.3 Å². The molecule has 3 aromatic carbocycles. The van der Waals surface area contributed by atoms with Crippen molar-refractivity contribution in [2.45, 2.75) is 6.54 Å². The summed E-state index contributed by atoms with van der Waals surface area (Å²) in [6, 6.07) is 21.6. The molecule has 0 bridgehead atoms. The normalized spacial score (nSPS) is 10.1. The van der Waals surface area contributed by atoms with E-state index in [0.29, 0.717) is 22.7 Å². The SMILES string of the molecule is O=C(NCc1ccc(F)cc1)C(=O)Nc1ccc(Oc2ccccc2)cc1. The smallest absolute Gasteiger partial charge is 0.313 e. The zero-order chi connectivity index (χ0) is 19.1. The second-order valence-corrected chi connectivity index (χ2v) is 5.70. The highest BCUT2D eigenvalue weighted by Crippen LogP contribution is 2.22. The van der Waals surface area contributed by atoms with E-state index in [2.05, 4.69) is 10.6 Å². The maximum Gasteiger partial charge on any atom is 0.313 e. The molecule has 2 N–H and O–H groups in total. The second-order valence-electron chi connectivity index (χ2n) is 5.70. The molecule has 5 nitrogen and oxygen atoms in total. The maximum atomic E-state index is 12.8. The number of hydrogen-bond acceptors (Lipinski definition) is 3. The van der Waals surface area contributed by atoms with Crippen molar-refractivity contribution >= 4 is 17.5 Å². The van der Waals surface area contributed by atoms with Gasteiger partial charge in [-0.05, 0) is 54.1 Å². The van der Waals surface area contributed by atoms with Crippen molar-refractivity contribution in [1.29, 1.82) is 0 Å². The Bertz CT molecular complexity index is 910. The van der Waals surface area contributed by atoms with Gasteiger partial charge in [0.25, 0.3) is 0 Å². The minimum atomic E-state index is -0.783. The summed E-state index contributed by atoms with van der Waals surface area (Å²) >= 11 is 0. The Balaban J connectivity index is 1.51. The first-order valence-electron chi connectivity index (χ1n) is 8.27. The molecule has 136 valence electrons. The van der Waals surface area contributed by atoms with Crippen molar-refractivity contribution in [3.63, 3.8) is 0 Å². The van der Waals surface area contributed by atoms with E-state index < -0.39 is 11.8 Å². The molecule has 0 aliphatic carbocycles. The molecule has 0 atom stereocenters. The minimum absolute atomic E-state index is 0.135. The molecular formula is C21H17FN2O3. The molecule has 0 aliphatic rings. The van der Waals surface area contributed by atoms with Gasteiger partial charge < -0.3 is 15.4 Å². The van der Waals surface area contributed by atoms with Crippen LogP contribution in [0.5, 0.6) is 11.5 Å². The Hall–Kier alpha value is -3.67. The molecule has 0 fully saturated rings. The van der Waals surface area contributed by atoms with Crippen LogP contribution in [0.2, 0.25) is 0 Å². The Morgan fingerprint density at radius 3 is 2.07 bits per heavy atom. The van der Waals surface area contributed by atoms with Gasteiger partial charge in [0.05, 0.1) is 0 Å². The third-order valence-electron chi connectivity index (χ3n) is 3.66. The standard InChI is InChI=1S/C21H17FN2O3/c22-16-8-6-15(7-9-16)14-23-20(25)21(26)24-17-10-12-19(13-11-17)27-18-4-2-1-3-5-18/h1-13H,14H2,(H,23,25)(H,24,26). The van der Waals surface area contributed by atoms with Crippen LogP contribution in [0.4, 0.5) is 10.1 Å². The maximum absolute atomic E-state index is 12.8. The molecule has 0 aliphatic heterocycles. The molecule has 0 radical (unpaired) electrons. The van der Waals surface area contributed by atoms with Crippen molar-refractivity contribution in [3.8, 4) is 11.5 Å². The highest BCUT2D eigenvalue weighted by atomic mass is 19.1. The largest absolute Gasteiger partial charge is 0.457 e. The molecule has 0 heterocycles. The number of amides is 2. The summed E-state index contributed by atoms with van der Waals surface area (Å²) in [5, 5.41) is 5.00. The molecule has 6 heteroatoms. The van der Waals surface area contributed by atoms with Crippen LogP contribution in [0.3, 0.4) is 0 Å². The zero-order valence-electron chi connectivity index (χ0n) is 14.3. The van der Waals surface area contributed by atoms with Gasteiger partial charge in [-0.3, -0.25) is 9.59 Å². The number of nitrogens with one attached hydrogen (secondary N) is 2. The summed E-state index contributed by atoms with van der Waals surface area (Å²) in [6.45, 7) is 0.135. The fourth-order valence-electron chi connectivity index (χ4n) is 2.28. The van der Waals surface area contributed by atoms with Crippen LogP contribution in [0.15, 0.2) is 78.9 Å². The lowest BCUT2D eigenvalue weighted by Gasteiger charge is -2.08. The van der Waals surface area contributed by atoms with E-state index in [0.717, 1.165) is 0 Å². The van der Waals surface area contributed by atoms with Gasteiger partial charge in [-0.15, -0.1) is 0 Å². The Labute approximate surface area is 155 Å². The molecule has 3 aromatic rings. The van der Waals surface area contributed by atoms with E-state index >= 15 is 0 Å². The zero-order valence-corrected chi connectivity index (χ0v) is 14.3. The summed E-state index contributed by atoms with van der Waals surface area (Å²) in [6.07, 6.45) is 0. The first-order chi connectivity index (χ1) is 13.1. The topological polar surface area (TPSA) is 67.4 Å². The Kier molecular flexibility index (Phi) is 5.79. The number of carbonyl (C=O) groups is 2. The predicted octanol–water partition coefficient (Wildman–Crippen LogP) is 3.87. The highest BCUT2D eigenvalue weighted by Gasteiger charge is 2.13. The first-order valence-corrected chi connectivity index (χ1v) is 8.27.